The van der Waals surface area contributed by atoms with Crippen molar-refractivity contribution >= 4 is 17.5 Å². The molecule has 0 saturated carbocycles. The van der Waals surface area contributed by atoms with Gasteiger partial charge >= 0.3 is 0 Å². The van der Waals surface area contributed by atoms with Crippen LogP contribution in [0.5, 0.6) is 5.75 Å². The summed E-state index contributed by atoms with van der Waals surface area (Å²) in [5.74, 6) is 1.66. The van der Waals surface area contributed by atoms with Crippen molar-refractivity contribution < 1.29 is 9.53 Å². The van der Waals surface area contributed by atoms with Crippen LogP contribution in [-0.2, 0) is 7.05 Å². The predicted molar refractivity (Wildman–Crippen MR) is 109 cm³/mol. The quantitative estimate of drug-likeness (QED) is 0.466. The van der Waals surface area contributed by atoms with Gasteiger partial charge in [-0.25, -0.2) is 0 Å². The van der Waals surface area contributed by atoms with Crippen LogP contribution >= 0.6 is 11.8 Å². The minimum atomic E-state index is -0.253. The lowest BCUT2D eigenvalue weighted by atomic mass is 10.0. The molecule has 0 N–H and O–H groups in total. The van der Waals surface area contributed by atoms with Gasteiger partial charge in [-0.3, -0.25) is 4.79 Å². The molecule has 0 aliphatic rings. The molecule has 140 valence electrons. The van der Waals surface area contributed by atoms with E-state index < -0.39 is 0 Å². The third-order valence-corrected chi connectivity index (χ3v) is 5.63. The number of carbonyl (C=O) groups is 1. The first-order valence-electron chi connectivity index (χ1n) is 8.72. The van der Waals surface area contributed by atoms with E-state index in [2.05, 4.69) is 10.2 Å². The van der Waals surface area contributed by atoms with Gasteiger partial charge in [-0.15, -0.1) is 10.2 Å². The van der Waals surface area contributed by atoms with E-state index >= 15 is 0 Å². The van der Waals surface area contributed by atoms with E-state index in [4.69, 9.17) is 4.74 Å². The van der Waals surface area contributed by atoms with Crippen LogP contribution in [0.3, 0.4) is 0 Å². The normalized spacial score (nSPS) is 12.0. The largest absolute Gasteiger partial charge is 0.497 e. The maximum absolute atomic E-state index is 12.9. The lowest BCUT2D eigenvalue weighted by Gasteiger charge is -2.12. The molecule has 0 aliphatic carbocycles. The standard InChI is InChI=1S/C21H23N3O2S/c1-13-6-7-14(2)18(12-13)19(25)15(3)27-21-23-22-20(24(21)4)16-8-10-17(26-5)11-9-16/h6-12,15H,1-5H3/t15-/m1/s1. The molecule has 27 heavy (non-hydrogen) atoms. The zero-order valence-electron chi connectivity index (χ0n) is 16.2. The lowest BCUT2D eigenvalue weighted by Crippen LogP contribution is -2.16. The van der Waals surface area contributed by atoms with Crippen molar-refractivity contribution in [2.75, 3.05) is 7.11 Å². The topological polar surface area (TPSA) is 57.0 Å². The molecule has 5 nitrogen and oxygen atoms in total. The molecule has 2 aromatic carbocycles. The number of hydrogen-bond donors (Lipinski definition) is 0. The van der Waals surface area contributed by atoms with Crippen LogP contribution in [0.1, 0.15) is 28.4 Å². The summed E-state index contributed by atoms with van der Waals surface area (Å²) in [4.78, 5) is 12.9. The summed E-state index contributed by atoms with van der Waals surface area (Å²) in [6.45, 7) is 5.88. The minimum absolute atomic E-state index is 0.107. The maximum atomic E-state index is 12.9. The predicted octanol–water partition coefficient (Wildman–Crippen LogP) is 4.47. The van der Waals surface area contributed by atoms with E-state index in [-0.39, 0.29) is 11.0 Å². The monoisotopic (exact) mass is 381 g/mol. The van der Waals surface area contributed by atoms with Crippen LogP contribution < -0.4 is 4.74 Å². The molecule has 0 spiro atoms. The first-order chi connectivity index (χ1) is 12.9. The van der Waals surface area contributed by atoms with Gasteiger partial charge in [0, 0.05) is 18.2 Å². The summed E-state index contributed by atoms with van der Waals surface area (Å²) >= 11 is 1.43. The van der Waals surface area contributed by atoms with Gasteiger partial charge in [0.2, 0.25) is 0 Å². The number of methoxy groups -OCH3 is 1. The van der Waals surface area contributed by atoms with Crippen LogP contribution in [0.2, 0.25) is 0 Å². The number of ether oxygens (including phenoxy) is 1. The molecule has 1 aromatic heterocycles. The van der Waals surface area contributed by atoms with Gasteiger partial charge in [-0.2, -0.15) is 0 Å². The van der Waals surface area contributed by atoms with Crippen molar-refractivity contribution in [3.05, 3.63) is 59.2 Å². The number of rotatable bonds is 6. The Balaban J connectivity index is 1.80. The highest BCUT2D eigenvalue weighted by molar-refractivity contribution is 8.00. The number of thioether (sulfide) groups is 1. The zero-order chi connectivity index (χ0) is 19.6. The summed E-state index contributed by atoms with van der Waals surface area (Å²) in [5, 5.41) is 9.04. The van der Waals surface area contributed by atoms with Gasteiger partial charge in [-0.1, -0.05) is 29.5 Å². The van der Waals surface area contributed by atoms with Crippen molar-refractivity contribution in [1.82, 2.24) is 14.8 Å². The van der Waals surface area contributed by atoms with Gasteiger partial charge in [-0.05, 0) is 56.7 Å². The molecule has 3 aromatic rings. The number of benzene rings is 2. The smallest absolute Gasteiger partial charge is 0.191 e. The van der Waals surface area contributed by atoms with Gasteiger partial charge in [0.1, 0.15) is 5.75 Å². The summed E-state index contributed by atoms with van der Waals surface area (Å²) in [6.07, 6.45) is 0. The average molecular weight is 382 g/mol. The van der Waals surface area contributed by atoms with Crippen LogP contribution in [-0.4, -0.2) is 32.9 Å². The first-order valence-corrected chi connectivity index (χ1v) is 9.60. The second-order valence-corrected chi connectivity index (χ2v) is 7.84. The third-order valence-electron chi connectivity index (χ3n) is 4.49. The van der Waals surface area contributed by atoms with E-state index in [0.29, 0.717) is 5.16 Å². The Kier molecular flexibility index (Phi) is 5.65. The Morgan fingerprint density at radius 3 is 2.48 bits per heavy atom. The lowest BCUT2D eigenvalue weighted by molar-refractivity contribution is 0.0993. The van der Waals surface area contributed by atoms with Gasteiger partial charge in [0.05, 0.1) is 12.4 Å². The van der Waals surface area contributed by atoms with Crippen molar-refractivity contribution in [1.29, 1.82) is 0 Å². The summed E-state index contributed by atoms with van der Waals surface area (Å²) in [5.41, 5.74) is 3.80. The van der Waals surface area contributed by atoms with E-state index in [9.17, 15) is 4.79 Å². The molecule has 0 amide bonds. The van der Waals surface area contributed by atoms with Crippen LogP contribution in [0.15, 0.2) is 47.6 Å². The molecule has 0 bridgehead atoms. The molecule has 0 fully saturated rings. The summed E-state index contributed by atoms with van der Waals surface area (Å²) in [7, 11) is 3.55. The van der Waals surface area contributed by atoms with Crippen LogP contribution in [0.25, 0.3) is 11.4 Å². The number of nitrogens with zero attached hydrogens (tertiary/aromatic N) is 3. The molecule has 0 radical (unpaired) electrons. The molecule has 0 aliphatic heterocycles. The molecular formula is C21H23N3O2S. The maximum Gasteiger partial charge on any atom is 0.191 e. The van der Waals surface area contributed by atoms with Crippen LogP contribution in [0.4, 0.5) is 0 Å². The van der Waals surface area contributed by atoms with Gasteiger partial charge < -0.3 is 9.30 Å². The number of aryl methyl sites for hydroxylation is 2. The highest BCUT2D eigenvalue weighted by atomic mass is 32.2. The number of ketones is 1. The van der Waals surface area contributed by atoms with Gasteiger partial charge in [0.25, 0.3) is 0 Å². The Morgan fingerprint density at radius 2 is 1.81 bits per heavy atom. The second kappa shape index (κ2) is 7.96. The number of Topliss-reactive ketones (excluding diaryl/α,β-unsaturated/α-hetero) is 1. The van der Waals surface area contributed by atoms with Crippen molar-refractivity contribution in [2.45, 2.75) is 31.2 Å². The molecule has 0 unspecified atom stereocenters. The zero-order valence-corrected chi connectivity index (χ0v) is 17.0. The van der Waals surface area contributed by atoms with Gasteiger partial charge in [0.15, 0.2) is 16.8 Å². The van der Waals surface area contributed by atoms with Crippen LogP contribution in [0, 0.1) is 13.8 Å². The summed E-state index contributed by atoms with van der Waals surface area (Å²) in [6, 6.07) is 13.6. The number of aromatic nitrogens is 3. The molecular weight excluding hydrogens is 358 g/mol. The molecule has 3 rings (SSSR count). The first kappa shape index (κ1) is 19.2. The highest BCUT2D eigenvalue weighted by Gasteiger charge is 2.22. The fourth-order valence-corrected chi connectivity index (χ4v) is 3.72. The van der Waals surface area contributed by atoms with Crippen molar-refractivity contribution in [2.24, 2.45) is 7.05 Å². The van der Waals surface area contributed by atoms with Crippen molar-refractivity contribution in [3.63, 3.8) is 0 Å². The molecule has 1 heterocycles. The molecule has 6 heteroatoms. The van der Waals surface area contributed by atoms with E-state index in [0.717, 1.165) is 33.8 Å². The fourth-order valence-electron chi connectivity index (χ4n) is 2.84. The third kappa shape index (κ3) is 4.06. The van der Waals surface area contributed by atoms with Crippen molar-refractivity contribution in [3.8, 4) is 17.1 Å². The average Bonchev–Trinajstić information content (AvgIpc) is 3.03. The minimum Gasteiger partial charge on any atom is -0.497 e. The Morgan fingerprint density at radius 1 is 1.11 bits per heavy atom. The van der Waals surface area contributed by atoms with E-state index in [1.165, 1.54) is 11.8 Å². The Labute approximate surface area is 163 Å². The summed E-state index contributed by atoms with van der Waals surface area (Å²) < 4.78 is 7.11. The second-order valence-electron chi connectivity index (χ2n) is 6.54. The number of carbonyl (C=O) groups excluding carboxylic acids is 1. The fraction of sp³-hybridized carbons (Fsp3) is 0.286. The SMILES string of the molecule is COc1ccc(-c2nnc(S[C@H](C)C(=O)c3cc(C)ccc3C)n2C)cc1. The Bertz CT molecular complexity index is 964. The highest BCUT2D eigenvalue weighted by Crippen LogP contribution is 2.28. The number of hydrogen-bond acceptors (Lipinski definition) is 5. The van der Waals surface area contributed by atoms with E-state index in [1.807, 2.05) is 74.9 Å². The molecule has 0 saturated heterocycles. The molecule has 1 atom stereocenters. The Hall–Kier alpha value is -2.60. The van der Waals surface area contributed by atoms with E-state index in [1.54, 1.807) is 7.11 Å².